The molecule has 0 aromatic carbocycles. The van der Waals surface area contributed by atoms with Crippen LogP contribution in [0.15, 0.2) is 12.3 Å². The molecular weight excluding hydrogens is 216 g/mol. The molecule has 0 bridgehead atoms. The van der Waals surface area contributed by atoms with Crippen LogP contribution in [0.3, 0.4) is 0 Å². The standard InChI is InChI=1S/C13H14N2O2/c1-3-4-13(16)15-11-7-9(2)14-8-12(11)17-10-5-6-10/h1,7-8,10H,4-6H2,2H3,(H,14,15,16). The number of carbonyl (C=O) groups is 1. The Morgan fingerprint density at radius 1 is 1.71 bits per heavy atom. The number of nitrogens with zero attached hydrogens (tertiary/aromatic N) is 1. The monoisotopic (exact) mass is 230 g/mol. The molecule has 17 heavy (non-hydrogen) atoms. The van der Waals surface area contributed by atoms with Gasteiger partial charge in [0.25, 0.3) is 0 Å². The minimum atomic E-state index is -0.209. The third kappa shape index (κ3) is 3.22. The maximum Gasteiger partial charge on any atom is 0.236 e. The summed E-state index contributed by atoms with van der Waals surface area (Å²) in [5, 5.41) is 2.74. The molecule has 0 spiro atoms. The number of rotatable bonds is 4. The van der Waals surface area contributed by atoms with E-state index in [0.29, 0.717) is 11.4 Å². The summed E-state index contributed by atoms with van der Waals surface area (Å²) in [4.78, 5) is 15.6. The van der Waals surface area contributed by atoms with Crippen LogP contribution in [0.25, 0.3) is 0 Å². The zero-order chi connectivity index (χ0) is 12.3. The number of carbonyl (C=O) groups excluding carboxylic acids is 1. The van der Waals surface area contributed by atoms with Gasteiger partial charge in [-0.15, -0.1) is 6.42 Å². The Hall–Kier alpha value is -2.02. The van der Waals surface area contributed by atoms with Crippen LogP contribution >= 0.6 is 0 Å². The number of pyridine rings is 1. The number of amides is 1. The number of hydrogen-bond donors (Lipinski definition) is 1. The number of anilines is 1. The van der Waals surface area contributed by atoms with E-state index in [1.54, 1.807) is 12.3 Å². The smallest absolute Gasteiger partial charge is 0.236 e. The molecule has 1 heterocycles. The van der Waals surface area contributed by atoms with Crippen molar-refractivity contribution in [1.82, 2.24) is 4.98 Å². The number of nitrogens with one attached hydrogen (secondary N) is 1. The number of aryl methyl sites for hydroxylation is 1. The van der Waals surface area contributed by atoms with Gasteiger partial charge >= 0.3 is 0 Å². The van der Waals surface area contributed by atoms with Crippen LogP contribution in [-0.4, -0.2) is 17.0 Å². The molecule has 1 aliphatic carbocycles. The van der Waals surface area contributed by atoms with E-state index in [-0.39, 0.29) is 18.4 Å². The van der Waals surface area contributed by atoms with Crippen LogP contribution in [0, 0.1) is 19.3 Å². The zero-order valence-electron chi connectivity index (χ0n) is 9.69. The average Bonchev–Trinajstić information content (AvgIpc) is 3.06. The molecule has 1 N–H and O–H groups in total. The lowest BCUT2D eigenvalue weighted by molar-refractivity contribution is -0.115. The first-order valence-electron chi connectivity index (χ1n) is 5.55. The van der Waals surface area contributed by atoms with E-state index in [4.69, 9.17) is 11.2 Å². The number of aromatic nitrogens is 1. The minimum absolute atomic E-state index is 0.0598. The lowest BCUT2D eigenvalue weighted by Gasteiger charge is -2.11. The largest absolute Gasteiger partial charge is 0.487 e. The number of ether oxygens (including phenoxy) is 1. The van der Waals surface area contributed by atoms with Crippen LogP contribution in [0.2, 0.25) is 0 Å². The highest BCUT2D eigenvalue weighted by molar-refractivity contribution is 5.93. The minimum Gasteiger partial charge on any atom is -0.487 e. The van der Waals surface area contributed by atoms with Crippen LogP contribution in [0.4, 0.5) is 5.69 Å². The fraction of sp³-hybridized carbons (Fsp3) is 0.385. The highest BCUT2D eigenvalue weighted by atomic mass is 16.5. The molecule has 88 valence electrons. The Morgan fingerprint density at radius 3 is 3.12 bits per heavy atom. The molecule has 4 nitrogen and oxygen atoms in total. The average molecular weight is 230 g/mol. The summed E-state index contributed by atoms with van der Waals surface area (Å²) in [6, 6.07) is 1.78. The Balaban J connectivity index is 2.14. The van der Waals surface area contributed by atoms with Gasteiger partial charge < -0.3 is 10.1 Å². The molecule has 1 saturated carbocycles. The van der Waals surface area contributed by atoms with Crippen molar-refractivity contribution in [3.05, 3.63) is 18.0 Å². The molecule has 0 unspecified atom stereocenters. The van der Waals surface area contributed by atoms with Gasteiger partial charge in [-0.25, -0.2) is 0 Å². The molecule has 1 amide bonds. The van der Waals surface area contributed by atoms with Gasteiger partial charge in [0.05, 0.1) is 24.4 Å². The second-order valence-electron chi connectivity index (χ2n) is 4.07. The summed E-state index contributed by atoms with van der Waals surface area (Å²) < 4.78 is 5.66. The summed E-state index contributed by atoms with van der Waals surface area (Å²) in [5.41, 5.74) is 1.47. The van der Waals surface area contributed by atoms with E-state index in [1.165, 1.54) is 0 Å². The van der Waals surface area contributed by atoms with Crippen LogP contribution in [-0.2, 0) is 4.79 Å². The Kier molecular flexibility index (Phi) is 3.29. The maximum atomic E-state index is 11.4. The van der Waals surface area contributed by atoms with Crippen LogP contribution in [0.1, 0.15) is 25.0 Å². The van der Waals surface area contributed by atoms with Crippen molar-refractivity contribution >= 4 is 11.6 Å². The predicted octanol–water partition coefficient (Wildman–Crippen LogP) is 1.89. The quantitative estimate of drug-likeness (QED) is 0.804. The molecule has 1 fully saturated rings. The molecule has 4 heteroatoms. The van der Waals surface area contributed by atoms with E-state index in [2.05, 4.69) is 16.2 Å². The number of terminal acetylenes is 1. The summed E-state index contributed by atoms with van der Waals surface area (Å²) >= 11 is 0. The van der Waals surface area contributed by atoms with Gasteiger partial charge in [0.15, 0.2) is 5.75 Å². The number of hydrogen-bond acceptors (Lipinski definition) is 3. The van der Waals surface area contributed by atoms with Gasteiger partial charge in [-0.1, -0.05) is 5.92 Å². The first-order chi connectivity index (χ1) is 8.19. The van der Waals surface area contributed by atoms with Crippen LogP contribution < -0.4 is 10.1 Å². The normalized spacial score (nSPS) is 13.9. The maximum absolute atomic E-state index is 11.4. The Morgan fingerprint density at radius 2 is 2.47 bits per heavy atom. The van der Waals surface area contributed by atoms with Crippen molar-refractivity contribution in [3.63, 3.8) is 0 Å². The molecule has 0 atom stereocenters. The Labute approximate surface area is 100 Å². The van der Waals surface area contributed by atoms with E-state index >= 15 is 0 Å². The molecule has 1 aromatic rings. The summed E-state index contributed by atoms with van der Waals surface area (Å²) in [5.74, 6) is 2.71. The van der Waals surface area contributed by atoms with Gasteiger partial charge in [0, 0.05) is 5.69 Å². The molecule has 1 aromatic heterocycles. The second kappa shape index (κ2) is 4.88. The van der Waals surface area contributed by atoms with Crippen molar-refractivity contribution < 1.29 is 9.53 Å². The molecule has 0 aliphatic heterocycles. The first-order valence-corrected chi connectivity index (χ1v) is 5.55. The van der Waals surface area contributed by atoms with Crippen molar-refractivity contribution in [3.8, 4) is 18.1 Å². The highest BCUT2D eigenvalue weighted by Gasteiger charge is 2.25. The lowest BCUT2D eigenvalue weighted by Crippen LogP contribution is -2.12. The SMILES string of the molecule is C#CCC(=O)Nc1cc(C)ncc1OC1CC1. The van der Waals surface area contributed by atoms with E-state index in [9.17, 15) is 4.79 Å². The predicted molar refractivity (Wildman–Crippen MR) is 64.7 cm³/mol. The third-order valence-corrected chi connectivity index (χ3v) is 2.36. The van der Waals surface area contributed by atoms with Crippen molar-refractivity contribution in [1.29, 1.82) is 0 Å². The molecule has 0 saturated heterocycles. The fourth-order valence-electron chi connectivity index (χ4n) is 1.39. The summed E-state index contributed by atoms with van der Waals surface area (Å²) in [6.07, 6.45) is 9.17. The molecule has 0 radical (unpaired) electrons. The van der Waals surface area contributed by atoms with Gasteiger partial charge in [-0.05, 0) is 25.8 Å². The summed E-state index contributed by atoms with van der Waals surface area (Å²) in [6.45, 7) is 1.86. The van der Waals surface area contributed by atoms with E-state index < -0.39 is 0 Å². The van der Waals surface area contributed by atoms with Gasteiger partial charge in [0.1, 0.15) is 0 Å². The fourth-order valence-corrected chi connectivity index (χ4v) is 1.39. The first kappa shape index (κ1) is 11.5. The van der Waals surface area contributed by atoms with Gasteiger partial charge in [-0.2, -0.15) is 0 Å². The van der Waals surface area contributed by atoms with Gasteiger partial charge in [-0.3, -0.25) is 9.78 Å². The Bertz CT molecular complexity index is 473. The highest BCUT2D eigenvalue weighted by Crippen LogP contribution is 2.31. The molecule has 1 aliphatic rings. The second-order valence-corrected chi connectivity index (χ2v) is 4.07. The van der Waals surface area contributed by atoms with Crippen molar-refractivity contribution in [2.45, 2.75) is 32.3 Å². The summed E-state index contributed by atoms with van der Waals surface area (Å²) in [7, 11) is 0. The van der Waals surface area contributed by atoms with Gasteiger partial charge in [0.2, 0.25) is 5.91 Å². The van der Waals surface area contributed by atoms with Crippen molar-refractivity contribution in [2.24, 2.45) is 0 Å². The molecular formula is C13H14N2O2. The lowest BCUT2D eigenvalue weighted by atomic mass is 10.3. The van der Waals surface area contributed by atoms with Crippen molar-refractivity contribution in [2.75, 3.05) is 5.32 Å². The molecule has 2 rings (SSSR count). The third-order valence-electron chi connectivity index (χ3n) is 2.36. The topological polar surface area (TPSA) is 51.2 Å². The van der Waals surface area contributed by atoms with E-state index in [1.807, 2.05) is 6.92 Å². The van der Waals surface area contributed by atoms with E-state index in [0.717, 1.165) is 18.5 Å². The van der Waals surface area contributed by atoms with Crippen LogP contribution in [0.5, 0.6) is 5.75 Å². The zero-order valence-corrected chi connectivity index (χ0v) is 9.69.